The minimum Gasteiger partial charge on any atom is -0.497 e. The molecule has 1 N–H and O–H groups in total. The molecule has 216 valence electrons. The van der Waals surface area contributed by atoms with Crippen molar-refractivity contribution in [3.63, 3.8) is 0 Å². The maximum Gasteiger partial charge on any atom is 0.338 e. The molecule has 0 radical (unpaired) electrons. The molecule has 40 heavy (non-hydrogen) atoms. The first-order chi connectivity index (χ1) is 19.2. The van der Waals surface area contributed by atoms with Crippen molar-refractivity contribution in [1.82, 2.24) is 19.4 Å². The molecule has 0 aromatic heterocycles. The summed E-state index contributed by atoms with van der Waals surface area (Å²) in [5.74, 6) is 0.110. The number of urea groups is 1. The smallest absolute Gasteiger partial charge is 0.338 e. The van der Waals surface area contributed by atoms with Crippen LogP contribution in [0.4, 0.5) is 4.79 Å². The standard InChI is InChI=1S/C29H38N4O6S/c1-5-33-25(20-31-15-8-16-32(18-17-31)40(36,37)24-13-11-21(3)12-14-24)26(28(34)39-6-2)27(30-29(33)35)22-9-7-10-23(19-22)38-4/h7,9-14,19,27H,5-6,8,15-18,20H2,1-4H3,(H,30,35). The van der Waals surface area contributed by atoms with Gasteiger partial charge in [-0.1, -0.05) is 29.8 Å². The molecule has 1 atom stereocenters. The van der Waals surface area contributed by atoms with E-state index >= 15 is 0 Å². The molecule has 11 heteroatoms. The van der Waals surface area contributed by atoms with Crippen LogP contribution in [0.5, 0.6) is 5.75 Å². The topological polar surface area (TPSA) is 108 Å². The number of sulfonamides is 1. The fourth-order valence-electron chi connectivity index (χ4n) is 5.15. The van der Waals surface area contributed by atoms with Crippen LogP contribution in [-0.4, -0.2) is 87.5 Å². The average molecular weight is 571 g/mol. The number of methoxy groups -OCH3 is 1. The minimum atomic E-state index is -3.63. The molecule has 2 aromatic rings. The van der Waals surface area contributed by atoms with E-state index in [2.05, 4.69) is 10.2 Å². The second-order valence-electron chi connectivity index (χ2n) is 9.83. The monoisotopic (exact) mass is 570 g/mol. The van der Waals surface area contributed by atoms with Gasteiger partial charge in [0.2, 0.25) is 10.0 Å². The number of amides is 2. The van der Waals surface area contributed by atoms with Gasteiger partial charge in [0.15, 0.2) is 0 Å². The highest BCUT2D eigenvalue weighted by Gasteiger charge is 2.39. The fraction of sp³-hybridized carbons (Fsp3) is 0.448. The van der Waals surface area contributed by atoms with Gasteiger partial charge in [0, 0.05) is 38.4 Å². The maximum atomic E-state index is 13.4. The molecule has 0 aliphatic carbocycles. The number of rotatable bonds is 9. The average Bonchev–Trinajstić information content (AvgIpc) is 3.19. The number of nitrogens with one attached hydrogen (secondary N) is 1. The van der Waals surface area contributed by atoms with Gasteiger partial charge in [-0.25, -0.2) is 18.0 Å². The van der Waals surface area contributed by atoms with Crippen LogP contribution in [0.15, 0.2) is 64.7 Å². The van der Waals surface area contributed by atoms with Gasteiger partial charge in [-0.2, -0.15) is 4.31 Å². The Hall–Kier alpha value is -3.41. The van der Waals surface area contributed by atoms with E-state index in [0.29, 0.717) is 68.3 Å². The lowest BCUT2D eigenvalue weighted by molar-refractivity contribution is -0.139. The normalized spacial score (nSPS) is 19.2. The van der Waals surface area contributed by atoms with Gasteiger partial charge in [0.25, 0.3) is 0 Å². The van der Waals surface area contributed by atoms with Crippen molar-refractivity contribution in [2.24, 2.45) is 0 Å². The number of nitrogens with zero attached hydrogens (tertiary/aromatic N) is 3. The highest BCUT2D eigenvalue weighted by molar-refractivity contribution is 7.89. The summed E-state index contributed by atoms with van der Waals surface area (Å²) in [6, 6.07) is 13.1. The third kappa shape index (κ3) is 6.32. The van der Waals surface area contributed by atoms with E-state index in [-0.39, 0.29) is 17.5 Å². The number of carbonyl (C=O) groups excluding carboxylic acids is 2. The Labute approximate surface area is 236 Å². The van der Waals surface area contributed by atoms with Gasteiger partial charge in [-0.15, -0.1) is 0 Å². The zero-order valence-corrected chi connectivity index (χ0v) is 24.4. The molecule has 4 rings (SSSR count). The number of benzene rings is 2. The van der Waals surface area contributed by atoms with E-state index in [9.17, 15) is 18.0 Å². The van der Waals surface area contributed by atoms with Crippen LogP contribution in [0.1, 0.15) is 37.4 Å². The van der Waals surface area contributed by atoms with Gasteiger partial charge in [0.1, 0.15) is 5.75 Å². The number of likely N-dealkylation sites (N-methyl/N-ethyl adjacent to an activating group) is 1. The number of carbonyl (C=O) groups is 2. The lowest BCUT2D eigenvalue weighted by Crippen LogP contribution is -2.51. The molecular formula is C29H38N4O6S. The highest BCUT2D eigenvalue weighted by Crippen LogP contribution is 2.33. The highest BCUT2D eigenvalue weighted by atomic mass is 32.2. The quantitative estimate of drug-likeness (QED) is 0.461. The molecular weight excluding hydrogens is 532 g/mol. The first kappa shape index (κ1) is 29.6. The molecule has 0 saturated carbocycles. The lowest BCUT2D eigenvalue weighted by Gasteiger charge is -2.38. The number of hydrogen-bond donors (Lipinski definition) is 1. The van der Waals surface area contributed by atoms with Crippen molar-refractivity contribution in [3.05, 3.63) is 70.9 Å². The Kier molecular flexibility index (Phi) is 9.49. The third-order valence-corrected chi connectivity index (χ3v) is 9.17. The number of hydrogen-bond acceptors (Lipinski definition) is 7. The molecule has 0 spiro atoms. The van der Waals surface area contributed by atoms with Crippen LogP contribution in [0, 0.1) is 6.92 Å². The molecule has 2 aliphatic rings. The van der Waals surface area contributed by atoms with Crippen LogP contribution in [-0.2, 0) is 19.6 Å². The number of aryl methyl sites for hydroxylation is 1. The SMILES string of the molecule is CCOC(=O)C1=C(CN2CCCN(S(=O)(=O)c3ccc(C)cc3)CC2)N(CC)C(=O)NC1c1cccc(OC)c1. The molecule has 2 heterocycles. The van der Waals surface area contributed by atoms with Crippen molar-refractivity contribution in [2.45, 2.75) is 38.1 Å². The van der Waals surface area contributed by atoms with Gasteiger partial charge < -0.3 is 14.8 Å². The fourth-order valence-corrected chi connectivity index (χ4v) is 6.62. The Morgan fingerprint density at radius 2 is 1.80 bits per heavy atom. The zero-order valence-electron chi connectivity index (χ0n) is 23.6. The summed E-state index contributed by atoms with van der Waals surface area (Å²) in [6.07, 6.45) is 0.616. The molecule has 1 saturated heterocycles. The molecule has 1 fully saturated rings. The predicted molar refractivity (Wildman–Crippen MR) is 151 cm³/mol. The van der Waals surface area contributed by atoms with Gasteiger partial charge in [-0.3, -0.25) is 9.80 Å². The summed E-state index contributed by atoms with van der Waals surface area (Å²) < 4.78 is 39.0. The minimum absolute atomic E-state index is 0.191. The Morgan fingerprint density at radius 1 is 1.05 bits per heavy atom. The molecule has 1 unspecified atom stereocenters. The van der Waals surface area contributed by atoms with Crippen molar-refractivity contribution >= 4 is 22.0 Å². The summed E-state index contributed by atoms with van der Waals surface area (Å²) >= 11 is 0. The summed E-state index contributed by atoms with van der Waals surface area (Å²) in [4.78, 5) is 30.6. The second kappa shape index (κ2) is 12.8. The first-order valence-electron chi connectivity index (χ1n) is 13.6. The van der Waals surface area contributed by atoms with Crippen LogP contribution in [0.2, 0.25) is 0 Å². The summed E-state index contributed by atoms with van der Waals surface area (Å²) in [7, 11) is -2.07. The molecule has 2 aliphatic heterocycles. The van der Waals surface area contributed by atoms with Crippen molar-refractivity contribution < 1.29 is 27.5 Å². The molecule has 2 aromatic carbocycles. The van der Waals surface area contributed by atoms with Gasteiger partial charge >= 0.3 is 12.0 Å². The predicted octanol–water partition coefficient (Wildman–Crippen LogP) is 3.30. The van der Waals surface area contributed by atoms with E-state index in [4.69, 9.17) is 9.47 Å². The largest absolute Gasteiger partial charge is 0.497 e. The Balaban J connectivity index is 1.65. The van der Waals surface area contributed by atoms with Crippen LogP contribution in [0.25, 0.3) is 0 Å². The Morgan fingerprint density at radius 3 is 2.48 bits per heavy atom. The number of ether oxygens (including phenoxy) is 2. The lowest BCUT2D eigenvalue weighted by atomic mass is 9.94. The number of esters is 1. The van der Waals surface area contributed by atoms with E-state index in [1.165, 1.54) is 4.31 Å². The van der Waals surface area contributed by atoms with Crippen LogP contribution < -0.4 is 10.1 Å². The Bertz CT molecular complexity index is 1360. The summed E-state index contributed by atoms with van der Waals surface area (Å²) in [5, 5.41) is 2.97. The van der Waals surface area contributed by atoms with Crippen molar-refractivity contribution in [3.8, 4) is 5.75 Å². The van der Waals surface area contributed by atoms with Crippen LogP contribution in [0.3, 0.4) is 0 Å². The summed E-state index contributed by atoms with van der Waals surface area (Å²) in [5.41, 5.74) is 2.63. The third-order valence-electron chi connectivity index (χ3n) is 7.26. The van der Waals surface area contributed by atoms with Gasteiger partial charge in [-0.05, 0) is 63.6 Å². The zero-order chi connectivity index (χ0) is 28.9. The van der Waals surface area contributed by atoms with Crippen molar-refractivity contribution in [1.29, 1.82) is 0 Å². The maximum absolute atomic E-state index is 13.4. The van der Waals surface area contributed by atoms with Crippen molar-refractivity contribution in [2.75, 3.05) is 53.0 Å². The molecule has 10 nitrogen and oxygen atoms in total. The van der Waals surface area contributed by atoms with Gasteiger partial charge in [0.05, 0.1) is 30.2 Å². The van der Waals surface area contributed by atoms with E-state index in [1.807, 2.05) is 26.0 Å². The first-order valence-corrected chi connectivity index (χ1v) is 15.0. The van der Waals surface area contributed by atoms with E-state index in [0.717, 1.165) is 5.56 Å². The molecule has 2 amide bonds. The van der Waals surface area contributed by atoms with Crippen LogP contribution >= 0.6 is 0 Å². The van der Waals surface area contributed by atoms with E-state index in [1.54, 1.807) is 55.3 Å². The summed E-state index contributed by atoms with van der Waals surface area (Å²) in [6.45, 7) is 8.12. The second-order valence-corrected chi connectivity index (χ2v) is 11.8. The van der Waals surface area contributed by atoms with E-state index < -0.39 is 22.0 Å². The molecule has 0 bridgehead atoms.